The van der Waals surface area contributed by atoms with Crippen LogP contribution in [0.15, 0.2) is 42.5 Å². The van der Waals surface area contributed by atoms with E-state index in [2.05, 4.69) is 25.2 Å². The molecule has 0 fully saturated rings. The van der Waals surface area contributed by atoms with Gasteiger partial charge < -0.3 is 19.5 Å². The van der Waals surface area contributed by atoms with Crippen LogP contribution < -0.4 is 19.5 Å². The maximum absolute atomic E-state index is 12.3. The molecule has 1 amide bonds. The molecule has 0 radical (unpaired) electrons. The molecule has 3 rings (SSSR count). The Bertz CT molecular complexity index is 788. The minimum absolute atomic E-state index is 0.0174. The van der Waals surface area contributed by atoms with Gasteiger partial charge in [0.15, 0.2) is 18.1 Å². The Morgan fingerprint density at radius 1 is 1.04 bits per heavy atom. The number of benzene rings is 2. The lowest BCUT2D eigenvalue weighted by Gasteiger charge is -2.17. The second kappa shape index (κ2) is 8.80. The van der Waals surface area contributed by atoms with E-state index in [0.717, 1.165) is 23.5 Å². The number of rotatable bonds is 6. The van der Waals surface area contributed by atoms with Crippen molar-refractivity contribution in [1.29, 1.82) is 0 Å². The predicted molar refractivity (Wildman–Crippen MR) is 105 cm³/mol. The Morgan fingerprint density at radius 3 is 2.59 bits per heavy atom. The molecule has 5 heteroatoms. The topological polar surface area (TPSA) is 56.8 Å². The fourth-order valence-electron chi connectivity index (χ4n) is 2.93. The third-order valence-corrected chi connectivity index (χ3v) is 4.54. The molecule has 27 heavy (non-hydrogen) atoms. The molecule has 1 heterocycles. The number of carbonyl (C=O) groups is 1. The van der Waals surface area contributed by atoms with E-state index in [-0.39, 0.29) is 18.6 Å². The first kappa shape index (κ1) is 19.1. The van der Waals surface area contributed by atoms with Gasteiger partial charge in [-0.05, 0) is 48.2 Å². The van der Waals surface area contributed by atoms with Crippen molar-refractivity contribution in [3.05, 3.63) is 53.6 Å². The summed E-state index contributed by atoms with van der Waals surface area (Å²) in [6.45, 7) is 7.48. The van der Waals surface area contributed by atoms with E-state index in [1.807, 2.05) is 43.3 Å². The van der Waals surface area contributed by atoms with E-state index in [1.54, 1.807) is 0 Å². The first-order valence-electron chi connectivity index (χ1n) is 9.44. The van der Waals surface area contributed by atoms with Crippen LogP contribution in [-0.2, 0) is 4.79 Å². The molecule has 0 bridgehead atoms. The zero-order valence-electron chi connectivity index (χ0n) is 16.2. The Labute approximate surface area is 160 Å². The van der Waals surface area contributed by atoms with Gasteiger partial charge in [-0.2, -0.15) is 0 Å². The molecule has 2 aromatic rings. The van der Waals surface area contributed by atoms with Gasteiger partial charge in [-0.3, -0.25) is 4.79 Å². The molecule has 1 N–H and O–H groups in total. The molecule has 0 aromatic heterocycles. The molecule has 1 atom stereocenters. The minimum atomic E-state index is -0.162. The number of nitrogens with one attached hydrogen (secondary N) is 1. The van der Waals surface area contributed by atoms with Crippen molar-refractivity contribution >= 4 is 5.91 Å². The summed E-state index contributed by atoms with van der Waals surface area (Å²) in [5, 5.41) is 2.97. The number of amides is 1. The van der Waals surface area contributed by atoms with Crippen molar-refractivity contribution in [2.45, 2.75) is 39.2 Å². The van der Waals surface area contributed by atoms with E-state index in [0.29, 0.717) is 24.9 Å². The molecule has 0 saturated carbocycles. The van der Waals surface area contributed by atoms with E-state index in [4.69, 9.17) is 14.2 Å². The molecule has 5 nitrogen and oxygen atoms in total. The molecule has 0 aliphatic carbocycles. The monoisotopic (exact) mass is 369 g/mol. The average molecular weight is 369 g/mol. The highest BCUT2D eigenvalue weighted by atomic mass is 16.5. The smallest absolute Gasteiger partial charge is 0.258 e. The van der Waals surface area contributed by atoms with Crippen molar-refractivity contribution in [3.63, 3.8) is 0 Å². The van der Waals surface area contributed by atoms with Gasteiger partial charge >= 0.3 is 0 Å². The fraction of sp³-hybridized carbons (Fsp3) is 0.409. The van der Waals surface area contributed by atoms with Gasteiger partial charge in [-0.25, -0.2) is 0 Å². The fourth-order valence-corrected chi connectivity index (χ4v) is 2.93. The van der Waals surface area contributed by atoms with E-state index < -0.39 is 0 Å². The first-order valence-corrected chi connectivity index (χ1v) is 9.44. The van der Waals surface area contributed by atoms with Crippen LogP contribution in [0.3, 0.4) is 0 Å². The maximum Gasteiger partial charge on any atom is 0.258 e. The normalized spacial score (nSPS) is 14.4. The van der Waals surface area contributed by atoms with Gasteiger partial charge in [-0.1, -0.05) is 32.0 Å². The highest BCUT2D eigenvalue weighted by Gasteiger charge is 2.15. The van der Waals surface area contributed by atoms with E-state index >= 15 is 0 Å². The maximum atomic E-state index is 12.3. The Morgan fingerprint density at radius 2 is 1.81 bits per heavy atom. The van der Waals surface area contributed by atoms with Gasteiger partial charge in [0.2, 0.25) is 0 Å². The van der Waals surface area contributed by atoms with Crippen molar-refractivity contribution in [2.24, 2.45) is 0 Å². The largest absolute Gasteiger partial charge is 0.490 e. The SMILES string of the molecule is CC(C)c1cccc(OCC(=O)NC(C)c2ccc3c(c2)OCCCO3)c1. The summed E-state index contributed by atoms with van der Waals surface area (Å²) in [5.74, 6) is 2.45. The molecule has 144 valence electrons. The van der Waals surface area contributed by atoms with Gasteiger partial charge in [-0.15, -0.1) is 0 Å². The first-order chi connectivity index (χ1) is 13.0. The molecule has 1 aliphatic heterocycles. The lowest BCUT2D eigenvalue weighted by molar-refractivity contribution is -0.123. The highest BCUT2D eigenvalue weighted by Crippen LogP contribution is 2.32. The van der Waals surface area contributed by atoms with Crippen LogP contribution in [0.25, 0.3) is 0 Å². The average Bonchev–Trinajstić information content (AvgIpc) is 2.91. The molecule has 1 aliphatic rings. The van der Waals surface area contributed by atoms with Crippen LogP contribution in [0, 0.1) is 0 Å². The van der Waals surface area contributed by atoms with Gasteiger partial charge in [0.25, 0.3) is 5.91 Å². The van der Waals surface area contributed by atoms with Crippen molar-refractivity contribution in [1.82, 2.24) is 5.32 Å². The molecule has 0 spiro atoms. The second-order valence-corrected chi connectivity index (χ2v) is 7.06. The zero-order valence-corrected chi connectivity index (χ0v) is 16.2. The van der Waals surface area contributed by atoms with Crippen molar-refractivity contribution < 1.29 is 19.0 Å². The molecular formula is C22H27NO4. The number of hydrogen-bond acceptors (Lipinski definition) is 4. The number of hydrogen-bond donors (Lipinski definition) is 1. The van der Waals surface area contributed by atoms with Crippen molar-refractivity contribution in [2.75, 3.05) is 19.8 Å². The summed E-state index contributed by atoms with van der Waals surface area (Å²) in [5.41, 5.74) is 2.16. The van der Waals surface area contributed by atoms with Gasteiger partial charge in [0.1, 0.15) is 5.75 Å². The quantitative estimate of drug-likeness (QED) is 0.828. The third-order valence-electron chi connectivity index (χ3n) is 4.54. The standard InChI is InChI=1S/C22H27NO4/c1-15(2)17-6-4-7-19(12-17)27-14-22(24)23-16(3)18-8-9-20-21(13-18)26-11-5-10-25-20/h4,6-9,12-13,15-16H,5,10-11,14H2,1-3H3,(H,23,24). The second-order valence-electron chi connectivity index (χ2n) is 7.06. The summed E-state index contributed by atoms with van der Waals surface area (Å²) < 4.78 is 17.0. The third kappa shape index (κ3) is 5.16. The lowest BCUT2D eigenvalue weighted by atomic mass is 10.0. The number of carbonyl (C=O) groups excluding carboxylic acids is 1. The minimum Gasteiger partial charge on any atom is -0.490 e. The Balaban J connectivity index is 1.56. The highest BCUT2D eigenvalue weighted by molar-refractivity contribution is 5.78. The molecule has 2 aromatic carbocycles. The summed E-state index contributed by atoms with van der Waals surface area (Å²) in [6, 6.07) is 13.5. The van der Waals surface area contributed by atoms with Gasteiger partial charge in [0, 0.05) is 6.42 Å². The summed E-state index contributed by atoms with van der Waals surface area (Å²) in [7, 11) is 0. The van der Waals surface area contributed by atoms with E-state index in [9.17, 15) is 4.79 Å². The predicted octanol–water partition coefficient (Wildman–Crippen LogP) is 4.23. The number of fused-ring (bicyclic) bond motifs is 1. The summed E-state index contributed by atoms with van der Waals surface area (Å²) in [4.78, 5) is 12.3. The zero-order chi connectivity index (χ0) is 19.2. The van der Waals surface area contributed by atoms with Crippen LogP contribution in [0.5, 0.6) is 17.2 Å². The van der Waals surface area contributed by atoms with Gasteiger partial charge in [0.05, 0.1) is 19.3 Å². The molecule has 1 unspecified atom stereocenters. The van der Waals surface area contributed by atoms with Crippen LogP contribution in [0.2, 0.25) is 0 Å². The van der Waals surface area contributed by atoms with E-state index in [1.165, 1.54) is 5.56 Å². The lowest BCUT2D eigenvalue weighted by Crippen LogP contribution is -2.31. The van der Waals surface area contributed by atoms with Crippen LogP contribution >= 0.6 is 0 Å². The molecular weight excluding hydrogens is 342 g/mol. The van der Waals surface area contributed by atoms with Crippen LogP contribution in [0.1, 0.15) is 50.3 Å². The molecule has 0 saturated heterocycles. The van der Waals surface area contributed by atoms with Crippen molar-refractivity contribution in [3.8, 4) is 17.2 Å². The summed E-state index contributed by atoms with van der Waals surface area (Å²) >= 11 is 0. The summed E-state index contributed by atoms with van der Waals surface area (Å²) in [6.07, 6.45) is 0.867. The van der Waals surface area contributed by atoms with Crippen LogP contribution in [-0.4, -0.2) is 25.7 Å². The Kier molecular flexibility index (Phi) is 6.22. The Hall–Kier alpha value is -2.69. The van der Waals surface area contributed by atoms with Crippen LogP contribution in [0.4, 0.5) is 0 Å². The number of ether oxygens (including phenoxy) is 3.